The van der Waals surface area contributed by atoms with Crippen molar-refractivity contribution in [1.29, 1.82) is 0 Å². The molecule has 38 heavy (non-hydrogen) atoms. The summed E-state index contributed by atoms with van der Waals surface area (Å²) in [5, 5.41) is 12.0. The number of methoxy groups -OCH3 is 1. The van der Waals surface area contributed by atoms with Crippen LogP contribution < -0.4 is 9.64 Å². The molecule has 194 valence electrons. The molecule has 0 spiro atoms. The lowest BCUT2D eigenvalue weighted by Crippen LogP contribution is -2.29. The quantitative estimate of drug-likeness (QED) is 0.172. The lowest BCUT2D eigenvalue weighted by atomic mass is 9.92. The largest absolute Gasteiger partial charge is 0.507 e. The van der Waals surface area contributed by atoms with E-state index in [9.17, 15) is 14.7 Å². The minimum absolute atomic E-state index is 0.0482. The molecule has 1 saturated heterocycles. The van der Waals surface area contributed by atoms with Crippen LogP contribution in [0.5, 0.6) is 5.75 Å². The third-order valence-electron chi connectivity index (χ3n) is 7.13. The van der Waals surface area contributed by atoms with Gasteiger partial charge in [0.15, 0.2) is 5.13 Å². The first-order valence-corrected chi connectivity index (χ1v) is 13.4. The van der Waals surface area contributed by atoms with E-state index >= 15 is 0 Å². The fourth-order valence-corrected chi connectivity index (χ4v) is 6.02. The number of thiazole rings is 1. The van der Waals surface area contributed by atoms with Crippen molar-refractivity contribution >= 4 is 44.1 Å². The Morgan fingerprint density at radius 1 is 1.03 bits per heavy atom. The second-order valence-corrected chi connectivity index (χ2v) is 11.1. The van der Waals surface area contributed by atoms with Gasteiger partial charge in [-0.2, -0.15) is 0 Å². The highest BCUT2D eigenvalue weighted by atomic mass is 32.1. The van der Waals surface area contributed by atoms with Crippen LogP contribution in [0.25, 0.3) is 16.0 Å². The lowest BCUT2D eigenvalue weighted by Gasteiger charge is -2.23. The van der Waals surface area contributed by atoms with Crippen LogP contribution in [-0.4, -0.2) is 28.9 Å². The number of hydrogen-bond acceptors (Lipinski definition) is 6. The van der Waals surface area contributed by atoms with Crippen molar-refractivity contribution in [1.82, 2.24) is 4.98 Å². The van der Waals surface area contributed by atoms with Gasteiger partial charge in [0.1, 0.15) is 11.5 Å². The summed E-state index contributed by atoms with van der Waals surface area (Å²) in [6.45, 7) is 10.1. The average Bonchev–Trinajstić information content (AvgIpc) is 3.40. The maximum atomic E-state index is 13.6. The van der Waals surface area contributed by atoms with Gasteiger partial charge in [0, 0.05) is 5.56 Å². The van der Waals surface area contributed by atoms with Gasteiger partial charge in [-0.25, -0.2) is 4.98 Å². The molecule has 1 aliphatic rings. The van der Waals surface area contributed by atoms with Gasteiger partial charge < -0.3 is 9.84 Å². The van der Waals surface area contributed by atoms with Gasteiger partial charge in [0.2, 0.25) is 0 Å². The molecule has 1 N–H and O–H groups in total. The van der Waals surface area contributed by atoms with E-state index in [4.69, 9.17) is 9.72 Å². The number of fused-ring (bicyclic) bond motifs is 1. The standard InChI is InChI=1S/C31H30N2O4S/c1-16(2)22-15-21(10-11-24(22)37-6)28(34)26-27(20-9-7-8-17(3)12-20)33(30(36)29(26)35)31-32-23-13-18(4)19(5)14-25(23)38-31/h7-16,27,34H,1-6H3/b28-26+. The van der Waals surface area contributed by atoms with E-state index in [0.717, 1.165) is 38.0 Å². The van der Waals surface area contributed by atoms with Gasteiger partial charge >= 0.3 is 5.91 Å². The Kier molecular flexibility index (Phi) is 6.57. The van der Waals surface area contributed by atoms with E-state index in [0.29, 0.717) is 16.4 Å². The van der Waals surface area contributed by atoms with Gasteiger partial charge in [-0.05, 0) is 79.3 Å². The molecule has 0 bridgehead atoms. The van der Waals surface area contributed by atoms with Gasteiger partial charge in [0.25, 0.3) is 5.78 Å². The van der Waals surface area contributed by atoms with Crippen molar-refractivity contribution in [2.24, 2.45) is 0 Å². The summed E-state index contributed by atoms with van der Waals surface area (Å²) < 4.78 is 6.43. The van der Waals surface area contributed by atoms with Gasteiger partial charge in [-0.15, -0.1) is 0 Å². The van der Waals surface area contributed by atoms with Crippen LogP contribution in [0.3, 0.4) is 0 Å². The first-order chi connectivity index (χ1) is 18.1. The molecule has 2 heterocycles. The maximum absolute atomic E-state index is 13.6. The van der Waals surface area contributed by atoms with Crippen molar-refractivity contribution in [2.45, 2.75) is 46.6 Å². The summed E-state index contributed by atoms with van der Waals surface area (Å²) >= 11 is 1.37. The predicted octanol–water partition coefficient (Wildman–Crippen LogP) is 6.98. The summed E-state index contributed by atoms with van der Waals surface area (Å²) in [5.41, 5.74) is 6.13. The van der Waals surface area contributed by atoms with Gasteiger partial charge in [0.05, 0.1) is 28.9 Å². The summed E-state index contributed by atoms with van der Waals surface area (Å²) in [6, 6.07) is 16.2. The van der Waals surface area contributed by atoms with Crippen LogP contribution >= 0.6 is 11.3 Å². The number of hydrogen-bond donors (Lipinski definition) is 1. The van der Waals surface area contributed by atoms with Crippen molar-refractivity contribution in [2.75, 3.05) is 12.0 Å². The second kappa shape index (κ2) is 9.72. The van der Waals surface area contributed by atoms with E-state index in [1.54, 1.807) is 19.2 Å². The fourth-order valence-electron chi connectivity index (χ4n) is 4.94. The predicted molar refractivity (Wildman–Crippen MR) is 152 cm³/mol. The minimum Gasteiger partial charge on any atom is -0.507 e. The number of aliphatic hydroxyl groups excluding tert-OH is 1. The van der Waals surface area contributed by atoms with Crippen molar-refractivity contribution < 1.29 is 19.4 Å². The SMILES string of the molecule is COc1ccc(/C(O)=C2\C(=O)C(=O)N(c3nc4cc(C)c(C)cc4s3)C2c2cccc(C)c2)cc1C(C)C. The molecule has 1 unspecified atom stereocenters. The molecule has 1 aromatic heterocycles. The van der Waals surface area contributed by atoms with E-state index < -0.39 is 17.7 Å². The monoisotopic (exact) mass is 526 g/mol. The van der Waals surface area contributed by atoms with Crippen LogP contribution in [0.4, 0.5) is 5.13 Å². The number of benzene rings is 3. The summed E-state index contributed by atoms with van der Waals surface area (Å²) in [7, 11) is 1.60. The zero-order valence-electron chi connectivity index (χ0n) is 22.3. The third-order valence-corrected chi connectivity index (χ3v) is 8.14. The third kappa shape index (κ3) is 4.27. The Bertz CT molecular complexity index is 1590. The van der Waals surface area contributed by atoms with Crippen LogP contribution in [-0.2, 0) is 9.59 Å². The number of aliphatic hydroxyl groups is 1. The van der Waals surface area contributed by atoms with Gasteiger partial charge in [-0.1, -0.05) is 55.0 Å². The number of ether oxygens (including phenoxy) is 1. The molecule has 5 rings (SSSR count). The molecule has 0 saturated carbocycles. The summed E-state index contributed by atoms with van der Waals surface area (Å²) in [4.78, 5) is 33.4. The number of carbonyl (C=O) groups excluding carboxylic acids is 2. The number of rotatable bonds is 5. The first kappa shape index (κ1) is 25.7. The van der Waals surface area contributed by atoms with Crippen LogP contribution in [0.15, 0.2) is 60.2 Å². The zero-order valence-corrected chi connectivity index (χ0v) is 23.1. The van der Waals surface area contributed by atoms with E-state index in [-0.39, 0.29) is 17.3 Å². The van der Waals surface area contributed by atoms with Crippen molar-refractivity contribution in [3.05, 3.63) is 93.6 Å². The molecular formula is C31H30N2O4S. The smallest absolute Gasteiger partial charge is 0.301 e. The number of aromatic nitrogens is 1. The van der Waals surface area contributed by atoms with Crippen LogP contribution in [0, 0.1) is 20.8 Å². The maximum Gasteiger partial charge on any atom is 0.301 e. The Hall–Kier alpha value is -3.97. The van der Waals surface area contributed by atoms with Crippen molar-refractivity contribution in [3.8, 4) is 5.75 Å². The highest BCUT2D eigenvalue weighted by molar-refractivity contribution is 7.22. The van der Waals surface area contributed by atoms with Gasteiger partial charge in [-0.3, -0.25) is 14.5 Å². The number of nitrogens with zero attached hydrogens (tertiary/aromatic N) is 2. The molecule has 1 amide bonds. The molecule has 1 aliphatic heterocycles. The average molecular weight is 527 g/mol. The highest BCUT2D eigenvalue weighted by Gasteiger charge is 2.48. The fraction of sp³-hybridized carbons (Fsp3) is 0.258. The molecule has 1 atom stereocenters. The molecule has 0 aliphatic carbocycles. The lowest BCUT2D eigenvalue weighted by molar-refractivity contribution is -0.132. The number of aryl methyl sites for hydroxylation is 3. The van der Waals surface area contributed by atoms with E-state index in [2.05, 4.69) is 6.07 Å². The molecular weight excluding hydrogens is 496 g/mol. The summed E-state index contributed by atoms with van der Waals surface area (Å²) in [6.07, 6.45) is 0. The second-order valence-electron chi connectivity index (χ2n) is 10.1. The summed E-state index contributed by atoms with van der Waals surface area (Å²) in [5.74, 6) is -0.824. The van der Waals surface area contributed by atoms with Crippen LogP contribution in [0.2, 0.25) is 0 Å². The topological polar surface area (TPSA) is 79.7 Å². The molecule has 4 aromatic rings. The Morgan fingerprint density at radius 3 is 2.45 bits per heavy atom. The number of amides is 1. The minimum atomic E-state index is -0.817. The molecule has 7 heteroatoms. The number of anilines is 1. The van der Waals surface area contributed by atoms with Crippen molar-refractivity contribution in [3.63, 3.8) is 0 Å². The van der Waals surface area contributed by atoms with E-state index in [1.807, 2.05) is 71.0 Å². The molecule has 0 radical (unpaired) electrons. The molecule has 3 aromatic carbocycles. The number of Topliss-reactive ketones (excluding diaryl/α,β-unsaturated/α-hetero) is 1. The number of ketones is 1. The zero-order chi connectivity index (χ0) is 27.3. The van der Waals surface area contributed by atoms with Crippen LogP contribution in [0.1, 0.15) is 59.2 Å². The Morgan fingerprint density at radius 2 is 1.76 bits per heavy atom. The van der Waals surface area contributed by atoms with E-state index in [1.165, 1.54) is 16.2 Å². The molecule has 6 nitrogen and oxygen atoms in total. The normalized spacial score (nSPS) is 17.1. The Balaban J connectivity index is 1.74. The first-order valence-electron chi connectivity index (χ1n) is 12.5. The highest BCUT2D eigenvalue weighted by Crippen LogP contribution is 2.45. The Labute approximate surface area is 226 Å². The number of carbonyl (C=O) groups is 2. The molecule has 1 fully saturated rings.